The molecule has 0 radical (unpaired) electrons. The van der Waals surface area contributed by atoms with E-state index in [1.165, 1.54) is 13.8 Å². The lowest BCUT2D eigenvalue weighted by molar-refractivity contribution is -0.133. The molecule has 5 nitrogen and oxygen atoms in total. The van der Waals surface area contributed by atoms with Crippen molar-refractivity contribution in [3.05, 3.63) is 30.3 Å². The number of carbonyl (C=O) groups is 2. The average Bonchev–Trinajstić information content (AvgIpc) is 2.46. The molecule has 2 rings (SSSR count). The highest BCUT2D eigenvalue weighted by Gasteiger charge is 2.20. The Labute approximate surface area is 141 Å². The van der Waals surface area contributed by atoms with Gasteiger partial charge in [-0.05, 0) is 5.41 Å². The molecule has 0 heterocycles. The van der Waals surface area contributed by atoms with E-state index >= 15 is 0 Å². The van der Waals surface area contributed by atoms with Crippen molar-refractivity contribution in [1.29, 1.82) is 0 Å². The summed E-state index contributed by atoms with van der Waals surface area (Å²) in [5.74, 6) is 0.203. The van der Waals surface area contributed by atoms with Crippen molar-refractivity contribution in [2.75, 3.05) is 6.61 Å². The van der Waals surface area contributed by atoms with Gasteiger partial charge >= 0.3 is 11.9 Å². The summed E-state index contributed by atoms with van der Waals surface area (Å²) in [7, 11) is 0. The predicted octanol–water partition coefficient (Wildman–Crippen LogP) is 4.12. The van der Waals surface area contributed by atoms with Gasteiger partial charge in [0.1, 0.15) is 5.75 Å². The van der Waals surface area contributed by atoms with Crippen molar-refractivity contribution < 1.29 is 23.8 Å². The Morgan fingerprint density at radius 3 is 2.04 bits per heavy atom. The molecule has 128 valence electrons. The van der Waals surface area contributed by atoms with Crippen LogP contribution in [0.5, 0.6) is 17.2 Å². The molecular formula is C19H22O5. The monoisotopic (exact) mass is 330 g/mol. The Hall–Kier alpha value is -2.56. The number of esters is 2. The Bertz CT molecular complexity index is 771. The fourth-order valence-corrected chi connectivity index (χ4v) is 2.18. The fourth-order valence-electron chi connectivity index (χ4n) is 2.18. The second-order valence-corrected chi connectivity index (χ2v) is 6.78. The minimum absolute atomic E-state index is 0.0826. The highest BCUT2D eigenvalue weighted by Crippen LogP contribution is 2.42. The zero-order valence-corrected chi connectivity index (χ0v) is 14.6. The van der Waals surface area contributed by atoms with Gasteiger partial charge in [0.25, 0.3) is 0 Å². The van der Waals surface area contributed by atoms with Crippen LogP contribution < -0.4 is 14.2 Å². The summed E-state index contributed by atoms with van der Waals surface area (Å²) in [6.07, 6.45) is 0. The van der Waals surface area contributed by atoms with E-state index in [1.54, 1.807) is 18.2 Å². The van der Waals surface area contributed by atoms with E-state index in [0.29, 0.717) is 34.6 Å². The van der Waals surface area contributed by atoms with Crippen molar-refractivity contribution in [1.82, 2.24) is 0 Å². The van der Waals surface area contributed by atoms with Crippen LogP contribution in [0.25, 0.3) is 10.8 Å². The SMILES string of the molecule is CC(=O)Oc1cc(OCC(C)(C)C)c(OC(C)=O)c2ccccc12. The Kier molecular flexibility index (Phi) is 5.12. The largest absolute Gasteiger partial charge is 0.489 e. The van der Waals surface area contributed by atoms with Crippen molar-refractivity contribution >= 4 is 22.7 Å². The maximum absolute atomic E-state index is 11.5. The second-order valence-electron chi connectivity index (χ2n) is 6.78. The van der Waals surface area contributed by atoms with Gasteiger partial charge in [-0.3, -0.25) is 9.59 Å². The van der Waals surface area contributed by atoms with Crippen molar-refractivity contribution in [2.45, 2.75) is 34.6 Å². The number of carbonyl (C=O) groups excluding carboxylic acids is 2. The summed E-state index contributed by atoms with van der Waals surface area (Å²) in [4.78, 5) is 22.9. The molecule has 0 saturated carbocycles. The molecule has 0 fully saturated rings. The molecule has 0 N–H and O–H groups in total. The molecule has 2 aromatic carbocycles. The molecule has 0 spiro atoms. The Balaban J connectivity index is 2.62. The summed E-state index contributed by atoms with van der Waals surface area (Å²) in [6.45, 7) is 9.19. The fraction of sp³-hybridized carbons (Fsp3) is 0.368. The van der Waals surface area contributed by atoms with E-state index in [0.717, 1.165) is 0 Å². The summed E-state index contributed by atoms with van der Waals surface area (Å²) >= 11 is 0. The van der Waals surface area contributed by atoms with Crippen LogP contribution in [0.2, 0.25) is 0 Å². The third kappa shape index (κ3) is 4.47. The van der Waals surface area contributed by atoms with Gasteiger partial charge < -0.3 is 14.2 Å². The lowest BCUT2D eigenvalue weighted by Crippen LogP contribution is -2.17. The van der Waals surface area contributed by atoms with Gasteiger partial charge in [0.15, 0.2) is 11.5 Å². The molecule has 0 aliphatic carbocycles. The first-order valence-electron chi connectivity index (χ1n) is 7.73. The predicted molar refractivity (Wildman–Crippen MR) is 91.5 cm³/mol. The van der Waals surface area contributed by atoms with Gasteiger partial charge in [-0.25, -0.2) is 0 Å². The molecule has 0 bridgehead atoms. The third-order valence-electron chi connectivity index (χ3n) is 3.08. The van der Waals surface area contributed by atoms with Crippen LogP contribution >= 0.6 is 0 Å². The van der Waals surface area contributed by atoms with E-state index in [4.69, 9.17) is 14.2 Å². The topological polar surface area (TPSA) is 61.8 Å². The van der Waals surface area contributed by atoms with Crippen molar-refractivity contribution in [2.24, 2.45) is 5.41 Å². The first-order chi connectivity index (χ1) is 11.2. The quantitative estimate of drug-likeness (QED) is 0.623. The van der Waals surface area contributed by atoms with Crippen LogP contribution in [-0.4, -0.2) is 18.5 Å². The van der Waals surface area contributed by atoms with Gasteiger partial charge in [0.2, 0.25) is 0 Å². The first-order valence-corrected chi connectivity index (χ1v) is 7.73. The number of hydrogen-bond donors (Lipinski definition) is 0. The van der Waals surface area contributed by atoms with Gasteiger partial charge in [0, 0.05) is 30.7 Å². The summed E-state index contributed by atoms with van der Waals surface area (Å²) in [6, 6.07) is 8.83. The summed E-state index contributed by atoms with van der Waals surface area (Å²) in [5, 5.41) is 1.32. The van der Waals surface area contributed by atoms with Crippen LogP contribution in [-0.2, 0) is 9.59 Å². The second kappa shape index (κ2) is 6.91. The lowest BCUT2D eigenvalue weighted by Gasteiger charge is -2.21. The summed E-state index contributed by atoms with van der Waals surface area (Å²) < 4.78 is 16.5. The molecule has 0 amide bonds. The average molecular weight is 330 g/mol. The molecule has 0 aliphatic rings. The Morgan fingerprint density at radius 2 is 1.50 bits per heavy atom. The van der Waals surface area contributed by atoms with E-state index in [1.807, 2.05) is 32.9 Å². The van der Waals surface area contributed by atoms with Gasteiger partial charge in [-0.15, -0.1) is 0 Å². The zero-order valence-electron chi connectivity index (χ0n) is 14.6. The third-order valence-corrected chi connectivity index (χ3v) is 3.08. The highest BCUT2D eigenvalue weighted by molar-refractivity contribution is 5.98. The van der Waals surface area contributed by atoms with Crippen LogP contribution in [0, 0.1) is 5.41 Å². The number of hydrogen-bond acceptors (Lipinski definition) is 5. The van der Waals surface area contributed by atoms with Gasteiger partial charge in [-0.1, -0.05) is 45.0 Å². The molecule has 24 heavy (non-hydrogen) atoms. The molecule has 0 atom stereocenters. The standard InChI is InChI=1S/C19H22O5/c1-12(20)23-16-10-17(22-11-19(3,4)5)18(24-13(2)21)15-9-7-6-8-14(15)16/h6-10H,11H2,1-5H3. The normalized spacial score (nSPS) is 11.2. The van der Waals surface area contributed by atoms with E-state index in [9.17, 15) is 9.59 Å². The Morgan fingerprint density at radius 1 is 0.917 bits per heavy atom. The van der Waals surface area contributed by atoms with Crippen molar-refractivity contribution in [3.8, 4) is 17.2 Å². The van der Waals surface area contributed by atoms with Crippen LogP contribution in [0.3, 0.4) is 0 Å². The van der Waals surface area contributed by atoms with Crippen LogP contribution in [0.4, 0.5) is 0 Å². The molecule has 0 aromatic heterocycles. The first kappa shape index (κ1) is 17.8. The molecule has 0 aliphatic heterocycles. The van der Waals surface area contributed by atoms with Gasteiger partial charge in [-0.2, -0.15) is 0 Å². The highest BCUT2D eigenvalue weighted by atomic mass is 16.6. The van der Waals surface area contributed by atoms with Gasteiger partial charge in [0.05, 0.1) is 6.61 Å². The number of fused-ring (bicyclic) bond motifs is 1. The number of benzene rings is 2. The molecule has 2 aromatic rings. The molecule has 0 saturated heterocycles. The van der Waals surface area contributed by atoms with Crippen LogP contribution in [0.1, 0.15) is 34.6 Å². The minimum atomic E-state index is -0.444. The molecular weight excluding hydrogens is 308 g/mol. The van der Waals surface area contributed by atoms with E-state index in [-0.39, 0.29) is 5.41 Å². The van der Waals surface area contributed by atoms with Crippen LogP contribution in [0.15, 0.2) is 30.3 Å². The lowest BCUT2D eigenvalue weighted by atomic mass is 9.98. The smallest absolute Gasteiger partial charge is 0.308 e. The summed E-state index contributed by atoms with van der Waals surface area (Å²) in [5.41, 5.74) is -0.0826. The maximum Gasteiger partial charge on any atom is 0.308 e. The molecule has 0 unspecified atom stereocenters. The number of ether oxygens (including phenoxy) is 3. The number of rotatable bonds is 4. The minimum Gasteiger partial charge on any atom is -0.489 e. The maximum atomic E-state index is 11.5. The zero-order chi connectivity index (χ0) is 17.9. The van der Waals surface area contributed by atoms with E-state index < -0.39 is 11.9 Å². The van der Waals surface area contributed by atoms with E-state index in [2.05, 4.69) is 0 Å². The molecule has 5 heteroatoms. The van der Waals surface area contributed by atoms with Crippen molar-refractivity contribution in [3.63, 3.8) is 0 Å².